The summed E-state index contributed by atoms with van der Waals surface area (Å²) in [5, 5.41) is 3.93. The molecule has 0 bridgehead atoms. The van der Waals surface area contributed by atoms with Gasteiger partial charge in [-0.3, -0.25) is 9.78 Å². The Hall–Kier alpha value is -3.12. The lowest BCUT2D eigenvalue weighted by Crippen LogP contribution is -2.30. The van der Waals surface area contributed by atoms with Crippen molar-refractivity contribution in [2.75, 3.05) is 12.4 Å². The summed E-state index contributed by atoms with van der Waals surface area (Å²) in [6, 6.07) is 13.6. The Morgan fingerprint density at radius 1 is 1.15 bits per heavy atom. The standard InChI is InChI=1S/C20H17ClN2O4/c1-12(27-20(25)15-11-13(21)8-9-18(15)26-2)19(24)23-17-7-3-6-16-14(17)5-4-10-22-16/h3-12H,1-2H3,(H,23,24). The van der Waals surface area contributed by atoms with Crippen molar-refractivity contribution in [3.05, 3.63) is 65.3 Å². The van der Waals surface area contributed by atoms with E-state index in [0.717, 1.165) is 10.9 Å². The number of fused-ring (bicyclic) bond motifs is 1. The number of pyridine rings is 1. The number of hydrogen-bond acceptors (Lipinski definition) is 5. The number of ether oxygens (including phenoxy) is 2. The third kappa shape index (κ3) is 4.17. The van der Waals surface area contributed by atoms with Crippen molar-refractivity contribution in [3.8, 4) is 5.75 Å². The highest BCUT2D eigenvalue weighted by Gasteiger charge is 2.22. The highest BCUT2D eigenvalue weighted by atomic mass is 35.5. The number of carbonyl (C=O) groups excluding carboxylic acids is 2. The van der Waals surface area contributed by atoms with Gasteiger partial charge in [0.1, 0.15) is 11.3 Å². The fourth-order valence-electron chi connectivity index (χ4n) is 2.56. The molecule has 0 aliphatic carbocycles. The summed E-state index contributed by atoms with van der Waals surface area (Å²) in [5.74, 6) is -0.838. The molecule has 138 valence electrons. The normalized spacial score (nSPS) is 11.7. The number of nitrogens with one attached hydrogen (secondary N) is 1. The zero-order valence-corrected chi connectivity index (χ0v) is 15.5. The molecule has 1 N–H and O–H groups in total. The Labute approximate surface area is 161 Å². The first-order valence-electron chi connectivity index (χ1n) is 8.18. The second-order valence-electron chi connectivity index (χ2n) is 5.76. The molecule has 3 rings (SSSR count). The van der Waals surface area contributed by atoms with Crippen molar-refractivity contribution >= 4 is 40.1 Å². The van der Waals surface area contributed by atoms with E-state index in [4.69, 9.17) is 21.1 Å². The van der Waals surface area contributed by atoms with Gasteiger partial charge in [0.15, 0.2) is 6.10 Å². The van der Waals surface area contributed by atoms with Crippen molar-refractivity contribution in [3.63, 3.8) is 0 Å². The van der Waals surface area contributed by atoms with E-state index < -0.39 is 18.0 Å². The molecule has 2 aromatic carbocycles. The van der Waals surface area contributed by atoms with Crippen LogP contribution in [0.15, 0.2) is 54.7 Å². The SMILES string of the molecule is COc1ccc(Cl)cc1C(=O)OC(C)C(=O)Nc1cccc2ncccc12. The van der Waals surface area contributed by atoms with Crippen molar-refractivity contribution < 1.29 is 19.1 Å². The molecule has 0 saturated carbocycles. The highest BCUT2D eigenvalue weighted by Crippen LogP contribution is 2.24. The minimum atomic E-state index is -1.02. The number of nitrogens with zero attached hydrogens (tertiary/aromatic N) is 1. The Morgan fingerprint density at radius 2 is 1.96 bits per heavy atom. The summed E-state index contributed by atoms with van der Waals surface area (Å²) in [6.07, 6.45) is 0.657. The van der Waals surface area contributed by atoms with Crippen LogP contribution in [0.4, 0.5) is 5.69 Å². The van der Waals surface area contributed by atoms with Gasteiger partial charge in [0.2, 0.25) is 0 Å². The summed E-state index contributed by atoms with van der Waals surface area (Å²) in [5.41, 5.74) is 1.50. The number of hydrogen-bond donors (Lipinski definition) is 1. The van der Waals surface area contributed by atoms with Crippen molar-refractivity contribution in [1.82, 2.24) is 4.98 Å². The molecule has 1 heterocycles. The third-order valence-electron chi connectivity index (χ3n) is 3.94. The molecule has 0 aliphatic rings. The Bertz CT molecular complexity index is 1000. The highest BCUT2D eigenvalue weighted by molar-refractivity contribution is 6.31. The summed E-state index contributed by atoms with van der Waals surface area (Å²) in [4.78, 5) is 29.1. The Morgan fingerprint density at radius 3 is 2.74 bits per heavy atom. The average molecular weight is 385 g/mol. The Kier molecular flexibility index (Phi) is 5.57. The molecule has 27 heavy (non-hydrogen) atoms. The van der Waals surface area contributed by atoms with Crippen molar-refractivity contribution in [1.29, 1.82) is 0 Å². The van der Waals surface area contributed by atoms with Crippen LogP contribution in [0.1, 0.15) is 17.3 Å². The van der Waals surface area contributed by atoms with Gasteiger partial charge in [-0.2, -0.15) is 0 Å². The molecule has 0 spiro atoms. The predicted molar refractivity (Wildman–Crippen MR) is 103 cm³/mol. The summed E-state index contributed by atoms with van der Waals surface area (Å²) >= 11 is 5.93. The Balaban J connectivity index is 1.74. The molecule has 0 radical (unpaired) electrons. The van der Waals surface area contributed by atoms with Crippen LogP contribution < -0.4 is 10.1 Å². The molecule has 0 aliphatic heterocycles. The quantitative estimate of drug-likeness (QED) is 0.670. The van der Waals surface area contributed by atoms with Crippen LogP contribution in [0.5, 0.6) is 5.75 Å². The van der Waals surface area contributed by atoms with E-state index in [2.05, 4.69) is 10.3 Å². The van der Waals surface area contributed by atoms with Crippen LogP contribution in [-0.4, -0.2) is 30.1 Å². The van der Waals surface area contributed by atoms with Crippen LogP contribution in [0.2, 0.25) is 5.02 Å². The lowest BCUT2D eigenvalue weighted by molar-refractivity contribution is -0.123. The molecule has 1 unspecified atom stereocenters. The van der Waals surface area contributed by atoms with Crippen molar-refractivity contribution in [2.24, 2.45) is 0 Å². The number of rotatable bonds is 5. The number of anilines is 1. The van der Waals surface area contributed by atoms with Gasteiger partial charge in [0.25, 0.3) is 5.91 Å². The number of carbonyl (C=O) groups is 2. The molecular formula is C20H17ClN2O4. The van der Waals surface area contributed by atoms with Gasteiger partial charge in [-0.15, -0.1) is 0 Å². The summed E-state index contributed by atoms with van der Waals surface area (Å²) < 4.78 is 10.4. The number of methoxy groups -OCH3 is 1. The molecule has 1 aromatic heterocycles. The van der Waals surface area contributed by atoms with Crippen molar-refractivity contribution in [2.45, 2.75) is 13.0 Å². The van der Waals surface area contributed by atoms with Crippen LogP contribution in [-0.2, 0) is 9.53 Å². The number of halogens is 1. The van der Waals surface area contributed by atoms with Crippen LogP contribution in [0, 0.1) is 0 Å². The lowest BCUT2D eigenvalue weighted by atomic mass is 10.1. The first-order valence-corrected chi connectivity index (χ1v) is 8.56. The fraction of sp³-hybridized carbons (Fsp3) is 0.150. The van der Waals surface area contributed by atoms with Crippen LogP contribution in [0.3, 0.4) is 0 Å². The second kappa shape index (κ2) is 8.05. The third-order valence-corrected chi connectivity index (χ3v) is 4.17. The molecule has 0 fully saturated rings. The molecular weight excluding hydrogens is 368 g/mol. The maximum atomic E-state index is 12.5. The van der Waals surface area contributed by atoms with E-state index in [1.165, 1.54) is 20.1 Å². The van der Waals surface area contributed by atoms with Gasteiger partial charge in [-0.1, -0.05) is 17.7 Å². The maximum absolute atomic E-state index is 12.5. The summed E-state index contributed by atoms with van der Waals surface area (Å²) in [7, 11) is 1.44. The smallest absolute Gasteiger partial charge is 0.342 e. The topological polar surface area (TPSA) is 77.5 Å². The van der Waals surface area contributed by atoms with E-state index >= 15 is 0 Å². The average Bonchev–Trinajstić information content (AvgIpc) is 2.68. The molecule has 0 saturated heterocycles. The molecule has 1 atom stereocenters. The monoisotopic (exact) mass is 384 g/mol. The zero-order valence-electron chi connectivity index (χ0n) is 14.7. The van der Waals surface area contributed by atoms with Gasteiger partial charge in [0.05, 0.1) is 18.3 Å². The van der Waals surface area contributed by atoms with E-state index in [1.807, 2.05) is 12.1 Å². The zero-order chi connectivity index (χ0) is 19.4. The van der Waals surface area contributed by atoms with Gasteiger partial charge >= 0.3 is 5.97 Å². The molecule has 7 heteroatoms. The molecule has 3 aromatic rings. The second-order valence-corrected chi connectivity index (χ2v) is 6.19. The number of aromatic nitrogens is 1. The van der Waals surface area contributed by atoms with E-state index in [1.54, 1.807) is 36.5 Å². The minimum absolute atomic E-state index is 0.152. The number of amides is 1. The number of esters is 1. The largest absolute Gasteiger partial charge is 0.496 e. The predicted octanol–water partition coefficient (Wildman–Crippen LogP) is 4.08. The van der Waals surface area contributed by atoms with Gasteiger partial charge in [-0.05, 0) is 49.4 Å². The number of benzene rings is 2. The first kappa shape index (κ1) is 18.7. The van der Waals surface area contributed by atoms with Crippen LogP contribution >= 0.6 is 11.6 Å². The van der Waals surface area contributed by atoms with Gasteiger partial charge in [-0.25, -0.2) is 4.79 Å². The lowest BCUT2D eigenvalue weighted by Gasteiger charge is -2.15. The maximum Gasteiger partial charge on any atom is 0.342 e. The summed E-state index contributed by atoms with van der Waals surface area (Å²) in [6.45, 7) is 1.49. The molecule has 1 amide bonds. The van der Waals surface area contributed by atoms with Crippen LogP contribution in [0.25, 0.3) is 10.9 Å². The van der Waals surface area contributed by atoms with E-state index in [-0.39, 0.29) is 5.56 Å². The molecule has 6 nitrogen and oxygen atoms in total. The van der Waals surface area contributed by atoms with Gasteiger partial charge in [0, 0.05) is 16.6 Å². The first-order chi connectivity index (χ1) is 13.0. The fourth-order valence-corrected chi connectivity index (χ4v) is 2.74. The van der Waals surface area contributed by atoms with E-state index in [0.29, 0.717) is 16.5 Å². The van der Waals surface area contributed by atoms with Gasteiger partial charge < -0.3 is 14.8 Å². The minimum Gasteiger partial charge on any atom is -0.496 e. The van der Waals surface area contributed by atoms with E-state index in [9.17, 15) is 9.59 Å².